The van der Waals surface area contributed by atoms with Gasteiger partial charge in [-0.25, -0.2) is 22.2 Å². The summed E-state index contributed by atoms with van der Waals surface area (Å²) < 4.78 is 59.2. The molecule has 1 N–H and O–H groups in total. The van der Waals surface area contributed by atoms with E-state index in [9.17, 15) is 22.0 Å². The summed E-state index contributed by atoms with van der Waals surface area (Å²) in [5, 5.41) is 2.68. The molecule has 0 unspecified atom stereocenters. The van der Waals surface area contributed by atoms with Gasteiger partial charge in [-0.05, 0) is 43.2 Å². The van der Waals surface area contributed by atoms with Crippen molar-refractivity contribution in [3.05, 3.63) is 66.2 Å². The van der Waals surface area contributed by atoms with Crippen LogP contribution in [0.4, 0.5) is 14.5 Å². The number of carbonyl (C=O) groups excluding carboxylic acids is 1. The van der Waals surface area contributed by atoms with Crippen LogP contribution < -0.4 is 5.32 Å². The van der Waals surface area contributed by atoms with Gasteiger partial charge in [-0.3, -0.25) is 4.79 Å². The van der Waals surface area contributed by atoms with Crippen LogP contribution in [-0.4, -0.2) is 36.7 Å². The fourth-order valence-corrected chi connectivity index (χ4v) is 5.06. The maximum atomic E-state index is 13.9. The molecule has 0 bridgehead atoms. The molecule has 0 saturated carbocycles. The molecule has 1 aromatic heterocycles. The molecule has 2 heterocycles. The number of benzene rings is 2. The van der Waals surface area contributed by atoms with Gasteiger partial charge in [0, 0.05) is 37.7 Å². The first kappa shape index (κ1) is 22.1. The maximum absolute atomic E-state index is 13.9. The zero-order valence-corrected chi connectivity index (χ0v) is 17.9. The van der Waals surface area contributed by atoms with Crippen LogP contribution in [0.2, 0.25) is 0 Å². The van der Waals surface area contributed by atoms with Crippen LogP contribution in [0.1, 0.15) is 25.2 Å². The highest BCUT2D eigenvalue weighted by molar-refractivity contribution is 7.89. The van der Waals surface area contributed by atoms with Gasteiger partial charge in [-0.1, -0.05) is 6.07 Å². The van der Waals surface area contributed by atoms with Crippen molar-refractivity contribution in [3.8, 4) is 11.3 Å². The second-order valence-corrected chi connectivity index (χ2v) is 9.37. The lowest BCUT2D eigenvalue weighted by Crippen LogP contribution is -2.27. The highest BCUT2D eigenvalue weighted by Gasteiger charge is 2.27. The van der Waals surface area contributed by atoms with Crippen molar-refractivity contribution < 1.29 is 26.4 Å². The van der Waals surface area contributed by atoms with E-state index in [0.29, 0.717) is 18.8 Å². The summed E-state index contributed by atoms with van der Waals surface area (Å²) in [5.74, 6) is -1.45. The smallest absolute Gasteiger partial charge is 0.243 e. The molecule has 1 saturated heterocycles. The minimum atomic E-state index is -3.58. The molecular weight excluding hydrogens is 440 g/mol. The van der Waals surface area contributed by atoms with Gasteiger partial charge in [-0.2, -0.15) is 4.31 Å². The van der Waals surface area contributed by atoms with E-state index in [1.165, 1.54) is 28.7 Å². The predicted octanol–water partition coefficient (Wildman–Crippen LogP) is 3.98. The van der Waals surface area contributed by atoms with Crippen LogP contribution in [0.3, 0.4) is 0 Å². The molecule has 3 aromatic rings. The van der Waals surface area contributed by atoms with E-state index >= 15 is 0 Å². The van der Waals surface area contributed by atoms with Crippen LogP contribution in [0.15, 0.2) is 58.0 Å². The van der Waals surface area contributed by atoms with Gasteiger partial charge in [-0.15, -0.1) is 0 Å². The third-order valence-electron chi connectivity index (χ3n) is 5.14. The van der Waals surface area contributed by atoms with Gasteiger partial charge in [0.05, 0.1) is 16.7 Å². The average Bonchev–Trinajstić information content (AvgIpc) is 3.45. The summed E-state index contributed by atoms with van der Waals surface area (Å²) in [6.07, 6.45) is 3.17. The third kappa shape index (κ3) is 4.86. The summed E-state index contributed by atoms with van der Waals surface area (Å²) >= 11 is 0. The van der Waals surface area contributed by atoms with Crippen LogP contribution in [-0.2, 0) is 21.2 Å². The van der Waals surface area contributed by atoms with Gasteiger partial charge in [0.25, 0.3) is 0 Å². The van der Waals surface area contributed by atoms with E-state index in [2.05, 4.69) is 10.3 Å². The first-order valence-corrected chi connectivity index (χ1v) is 11.6. The Hall–Kier alpha value is -3.11. The number of oxazole rings is 1. The first-order chi connectivity index (χ1) is 15.3. The average molecular weight is 461 g/mol. The lowest BCUT2D eigenvalue weighted by atomic mass is 10.2. The number of halogens is 2. The number of carbonyl (C=O) groups is 1. The minimum absolute atomic E-state index is 0.0228. The predicted molar refractivity (Wildman–Crippen MR) is 113 cm³/mol. The molecule has 7 nitrogen and oxygen atoms in total. The van der Waals surface area contributed by atoms with Crippen LogP contribution in [0, 0.1) is 11.6 Å². The summed E-state index contributed by atoms with van der Waals surface area (Å²) in [6, 6.07) is 9.26. The van der Waals surface area contributed by atoms with E-state index in [-0.39, 0.29) is 40.9 Å². The third-order valence-corrected chi connectivity index (χ3v) is 7.03. The van der Waals surface area contributed by atoms with E-state index in [1.807, 2.05) is 0 Å². The molecule has 0 radical (unpaired) electrons. The molecule has 0 spiro atoms. The summed E-state index contributed by atoms with van der Waals surface area (Å²) in [7, 11) is -3.58. The van der Waals surface area contributed by atoms with Crippen molar-refractivity contribution >= 4 is 21.6 Å². The standard InChI is InChI=1S/C22H21F2N3O4S/c23-15-6-7-18(19(24)12-15)20-14-25-22(31-20)9-8-21(28)26-16-4-3-5-17(13-16)32(29,30)27-10-1-2-11-27/h3-7,12-14H,1-2,8-11H2,(H,26,28). The number of nitrogens with zero attached hydrogens (tertiary/aromatic N) is 2. The molecule has 2 aromatic carbocycles. The van der Waals surface area contributed by atoms with Crippen molar-refractivity contribution in [2.45, 2.75) is 30.6 Å². The van der Waals surface area contributed by atoms with Crippen LogP contribution in [0.5, 0.6) is 0 Å². The Balaban J connectivity index is 1.37. The molecule has 4 rings (SSSR count). The second-order valence-electron chi connectivity index (χ2n) is 7.43. The van der Waals surface area contributed by atoms with Gasteiger partial charge in [0.15, 0.2) is 11.7 Å². The van der Waals surface area contributed by atoms with E-state index in [0.717, 1.165) is 25.0 Å². The topological polar surface area (TPSA) is 92.5 Å². The molecule has 10 heteroatoms. The van der Waals surface area contributed by atoms with Crippen molar-refractivity contribution in [1.29, 1.82) is 0 Å². The van der Waals surface area contributed by atoms with Gasteiger partial charge < -0.3 is 9.73 Å². The van der Waals surface area contributed by atoms with Crippen molar-refractivity contribution in [3.63, 3.8) is 0 Å². The Kier molecular flexibility index (Phi) is 6.33. The second kappa shape index (κ2) is 9.17. The highest BCUT2D eigenvalue weighted by Crippen LogP contribution is 2.25. The minimum Gasteiger partial charge on any atom is -0.441 e. The maximum Gasteiger partial charge on any atom is 0.243 e. The van der Waals surface area contributed by atoms with E-state index < -0.39 is 21.7 Å². The van der Waals surface area contributed by atoms with Crippen LogP contribution >= 0.6 is 0 Å². The number of rotatable bonds is 7. The fraction of sp³-hybridized carbons (Fsp3) is 0.273. The Labute approximate surface area is 184 Å². The number of anilines is 1. The molecular formula is C22H21F2N3O4S. The zero-order valence-electron chi connectivity index (χ0n) is 17.1. The molecule has 1 aliphatic heterocycles. The monoisotopic (exact) mass is 461 g/mol. The number of hydrogen-bond acceptors (Lipinski definition) is 5. The van der Waals surface area contributed by atoms with Crippen molar-refractivity contribution in [2.24, 2.45) is 0 Å². The SMILES string of the molecule is O=C(CCc1ncc(-c2ccc(F)cc2F)o1)Nc1cccc(S(=O)(=O)N2CCCC2)c1. The number of nitrogens with one attached hydrogen (secondary N) is 1. The number of aromatic nitrogens is 1. The Morgan fingerprint density at radius 2 is 1.91 bits per heavy atom. The van der Waals surface area contributed by atoms with Gasteiger partial charge in [0.2, 0.25) is 15.9 Å². The molecule has 1 aliphatic rings. The van der Waals surface area contributed by atoms with E-state index in [1.54, 1.807) is 12.1 Å². The summed E-state index contributed by atoms with van der Waals surface area (Å²) in [4.78, 5) is 16.5. The molecule has 168 valence electrons. The van der Waals surface area contributed by atoms with Gasteiger partial charge in [0.1, 0.15) is 11.6 Å². The normalized spacial score (nSPS) is 14.6. The van der Waals surface area contributed by atoms with Crippen LogP contribution in [0.25, 0.3) is 11.3 Å². The summed E-state index contributed by atoms with van der Waals surface area (Å²) in [5.41, 5.74) is 0.447. The Bertz CT molecular complexity index is 1240. The van der Waals surface area contributed by atoms with Gasteiger partial charge >= 0.3 is 0 Å². The number of amides is 1. The molecule has 32 heavy (non-hydrogen) atoms. The molecule has 0 atom stereocenters. The Morgan fingerprint density at radius 1 is 1.12 bits per heavy atom. The number of sulfonamides is 1. The number of hydrogen-bond donors (Lipinski definition) is 1. The lowest BCUT2D eigenvalue weighted by molar-refractivity contribution is -0.116. The number of aryl methyl sites for hydroxylation is 1. The molecule has 1 amide bonds. The Morgan fingerprint density at radius 3 is 2.66 bits per heavy atom. The zero-order chi connectivity index (χ0) is 22.7. The first-order valence-electron chi connectivity index (χ1n) is 10.1. The molecule has 1 fully saturated rings. The largest absolute Gasteiger partial charge is 0.441 e. The van der Waals surface area contributed by atoms with Crippen molar-refractivity contribution in [2.75, 3.05) is 18.4 Å². The van der Waals surface area contributed by atoms with Crippen molar-refractivity contribution in [1.82, 2.24) is 9.29 Å². The van der Waals surface area contributed by atoms with E-state index in [4.69, 9.17) is 4.42 Å². The highest BCUT2D eigenvalue weighted by atomic mass is 32.2. The molecule has 0 aliphatic carbocycles. The fourth-order valence-electron chi connectivity index (χ4n) is 3.50. The summed E-state index contributed by atoms with van der Waals surface area (Å²) in [6.45, 7) is 0.998. The lowest BCUT2D eigenvalue weighted by Gasteiger charge is -2.16. The quantitative estimate of drug-likeness (QED) is 0.575.